The van der Waals surface area contributed by atoms with Crippen molar-refractivity contribution in [2.45, 2.75) is 57.4 Å². The van der Waals surface area contributed by atoms with E-state index in [4.69, 9.17) is 0 Å². The lowest BCUT2D eigenvalue weighted by atomic mass is 9.70. The highest BCUT2D eigenvalue weighted by Crippen LogP contribution is 2.55. The summed E-state index contributed by atoms with van der Waals surface area (Å²) in [4.78, 5) is 12.0. The maximum atomic E-state index is 12.0. The van der Waals surface area contributed by atoms with Gasteiger partial charge in [0.2, 0.25) is 0 Å². The first-order valence-corrected chi connectivity index (χ1v) is 8.32. The Labute approximate surface area is 115 Å². The van der Waals surface area contributed by atoms with Crippen molar-refractivity contribution in [3.8, 4) is 0 Å². The summed E-state index contributed by atoms with van der Waals surface area (Å²) in [7, 11) is 0. The van der Waals surface area contributed by atoms with E-state index in [-0.39, 0.29) is 6.03 Å². The lowest BCUT2D eigenvalue weighted by Gasteiger charge is -2.39. The molecule has 5 atom stereocenters. The van der Waals surface area contributed by atoms with Gasteiger partial charge >= 0.3 is 6.03 Å². The predicted molar refractivity (Wildman–Crippen MR) is 74.7 cm³/mol. The summed E-state index contributed by atoms with van der Waals surface area (Å²) < 4.78 is 0. The summed E-state index contributed by atoms with van der Waals surface area (Å²) in [6, 6.07) is 0.563. The molecule has 4 fully saturated rings. The fourth-order valence-electron chi connectivity index (χ4n) is 5.14. The molecule has 0 aliphatic heterocycles. The van der Waals surface area contributed by atoms with Crippen molar-refractivity contribution in [2.24, 2.45) is 29.6 Å². The van der Waals surface area contributed by atoms with Crippen molar-refractivity contribution in [1.29, 1.82) is 0 Å². The zero-order valence-electron chi connectivity index (χ0n) is 11.7. The van der Waals surface area contributed by atoms with Crippen molar-refractivity contribution in [3.05, 3.63) is 0 Å². The second-order valence-corrected chi connectivity index (χ2v) is 7.57. The number of urea groups is 1. The lowest BCUT2D eigenvalue weighted by Crippen LogP contribution is -2.49. The molecular weight excluding hydrogens is 236 g/mol. The molecule has 0 saturated heterocycles. The fraction of sp³-hybridized carbons (Fsp3) is 0.938. The normalized spacial score (nSPS) is 43.3. The molecule has 19 heavy (non-hydrogen) atoms. The molecule has 4 saturated carbocycles. The van der Waals surface area contributed by atoms with Gasteiger partial charge in [0.15, 0.2) is 0 Å². The Morgan fingerprint density at radius 3 is 2.58 bits per heavy atom. The monoisotopic (exact) mass is 262 g/mol. The minimum absolute atomic E-state index is 0.0930. The molecule has 3 heteroatoms. The zero-order chi connectivity index (χ0) is 12.8. The molecule has 5 unspecified atom stereocenters. The minimum atomic E-state index is 0.0930. The lowest BCUT2D eigenvalue weighted by molar-refractivity contribution is 0.139. The second kappa shape index (κ2) is 4.68. The number of rotatable bonds is 4. The van der Waals surface area contributed by atoms with Crippen LogP contribution in [0.4, 0.5) is 4.79 Å². The summed E-state index contributed by atoms with van der Waals surface area (Å²) in [6.07, 6.45) is 10.9. The van der Waals surface area contributed by atoms with Crippen LogP contribution in [0.5, 0.6) is 0 Å². The average molecular weight is 262 g/mol. The van der Waals surface area contributed by atoms with Crippen molar-refractivity contribution < 1.29 is 4.79 Å². The van der Waals surface area contributed by atoms with Gasteiger partial charge in [-0.25, -0.2) is 4.79 Å². The smallest absolute Gasteiger partial charge is 0.315 e. The summed E-state index contributed by atoms with van der Waals surface area (Å²) in [5.74, 6) is 4.51. The van der Waals surface area contributed by atoms with Gasteiger partial charge in [0.25, 0.3) is 0 Å². The van der Waals surface area contributed by atoms with Crippen LogP contribution in [0.2, 0.25) is 0 Å². The van der Waals surface area contributed by atoms with Gasteiger partial charge in [-0.3, -0.25) is 0 Å². The molecule has 3 nitrogen and oxygen atoms in total. The SMILES string of the molecule is O=C(NCCC1CC1)NC1CC2CC3CC(C2)C1C3. The first-order valence-electron chi connectivity index (χ1n) is 8.32. The van der Waals surface area contributed by atoms with Crippen molar-refractivity contribution in [2.75, 3.05) is 6.54 Å². The van der Waals surface area contributed by atoms with E-state index in [0.29, 0.717) is 6.04 Å². The first-order chi connectivity index (χ1) is 9.28. The third-order valence-electron chi connectivity index (χ3n) is 6.11. The Kier molecular flexibility index (Phi) is 2.96. The highest BCUT2D eigenvalue weighted by atomic mass is 16.2. The molecule has 4 aliphatic carbocycles. The van der Waals surface area contributed by atoms with E-state index in [2.05, 4.69) is 10.6 Å². The van der Waals surface area contributed by atoms with E-state index < -0.39 is 0 Å². The van der Waals surface area contributed by atoms with Gasteiger partial charge < -0.3 is 10.6 Å². The number of carbonyl (C=O) groups excluding carboxylic acids is 1. The van der Waals surface area contributed by atoms with Gasteiger partial charge in [0, 0.05) is 12.6 Å². The molecule has 2 amide bonds. The molecule has 0 spiro atoms. The average Bonchev–Trinajstić information content (AvgIpc) is 3.14. The van der Waals surface area contributed by atoms with Crippen LogP contribution in [-0.2, 0) is 0 Å². The number of fused-ring (bicyclic) bond motifs is 2. The molecule has 3 bridgehead atoms. The molecule has 0 aromatic rings. The van der Waals surface area contributed by atoms with Crippen LogP contribution < -0.4 is 10.6 Å². The molecule has 0 radical (unpaired) electrons. The molecule has 2 N–H and O–H groups in total. The summed E-state index contributed by atoms with van der Waals surface area (Å²) in [5, 5.41) is 6.35. The van der Waals surface area contributed by atoms with Crippen molar-refractivity contribution in [1.82, 2.24) is 10.6 Å². The van der Waals surface area contributed by atoms with Crippen LogP contribution >= 0.6 is 0 Å². The highest BCUT2D eigenvalue weighted by Gasteiger charge is 2.49. The number of nitrogens with one attached hydrogen (secondary N) is 2. The summed E-state index contributed by atoms with van der Waals surface area (Å²) >= 11 is 0. The standard InChI is InChI=1S/C16H26N2O/c19-16(17-4-3-10-1-2-10)18-15-9-12-5-11-6-13(7-12)14(15)8-11/h10-15H,1-9H2,(H2,17,18,19). The van der Waals surface area contributed by atoms with Crippen LogP contribution in [-0.4, -0.2) is 18.6 Å². The van der Waals surface area contributed by atoms with Crippen LogP contribution in [0.25, 0.3) is 0 Å². The van der Waals surface area contributed by atoms with E-state index >= 15 is 0 Å². The molecule has 0 aromatic heterocycles. The van der Waals surface area contributed by atoms with Crippen LogP contribution in [0.1, 0.15) is 51.4 Å². The van der Waals surface area contributed by atoms with Crippen LogP contribution in [0.3, 0.4) is 0 Å². The molecule has 0 aromatic carbocycles. The van der Waals surface area contributed by atoms with Crippen LogP contribution in [0, 0.1) is 29.6 Å². The Bertz CT molecular complexity index is 364. The van der Waals surface area contributed by atoms with E-state index in [9.17, 15) is 4.79 Å². The Balaban J connectivity index is 1.28. The maximum absolute atomic E-state index is 12.0. The third-order valence-corrected chi connectivity index (χ3v) is 6.11. The van der Waals surface area contributed by atoms with Gasteiger partial charge in [-0.2, -0.15) is 0 Å². The molecule has 4 rings (SSSR count). The highest BCUT2D eigenvalue weighted by molar-refractivity contribution is 5.74. The number of hydrogen-bond donors (Lipinski definition) is 2. The fourth-order valence-corrected chi connectivity index (χ4v) is 5.14. The van der Waals surface area contributed by atoms with Gasteiger partial charge in [0.05, 0.1) is 0 Å². The topological polar surface area (TPSA) is 41.1 Å². The van der Waals surface area contributed by atoms with E-state index in [0.717, 1.165) is 36.1 Å². The van der Waals surface area contributed by atoms with E-state index in [1.54, 1.807) is 0 Å². The van der Waals surface area contributed by atoms with Gasteiger partial charge in [0.1, 0.15) is 0 Å². The van der Waals surface area contributed by atoms with E-state index in [1.165, 1.54) is 51.4 Å². The quantitative estimate of drug-likeness (QED) is 0.803. The van der Waals surface area contributed by atoms with Crippen molar-refractivity contribution in [3.63, 3.8) is 0 Å². The molecule has 106 valence electrons. The zero-order valence-corrected chi connectivity index (χ0v) is 11.7. The van der Waals surface area contributed by atoms with E-state index in [1.807, 2.05) is 0 Å². The Morgan fingerprint density at radius 1 is 1.00 bits per heavy atom. The van der Waals surface area contributed by atoms with Gasteiger partial charge in [-0.15, -0.1) is 0 Å². The Morgan fingerprint density at radius 2 is 1.79 bits per heavy atom. The minimum Gasteiger partial charge on any atom is -0.338 e. The largest absolute Gasteiger partial charge is 0.338 e. The summed E-state index contributed by atoms with van der Waals surface area (Å²) in [5.41, 5.74) is 0. The maximum Gasteiger partial charge on any atom is 0.315 e. The number of amides is 2. The van der Waals surface area contributed by atoms with Gasteiger partial charge in [-0.05, 0) is 68.1 Å². The Hall–Kier alpha value is -0.730. The second-order valence-electron chi connectivity index (χ2n) is 7.57. The van der Waals surface area contributed by atoms with Gasteiger partial charge in [-0.1, -0.05) is 12.8 Å². The molecular formula is C16H26N2O. The molecule has 4 aliphatic rings. The van der Waals surface area contributed by atoms with Crippen molar-refractivity contribution >= 4 is 6.03 Å². The summed E-state index contributed by atoms with van der Waals surface area (Å²) in [6.45, 7) is 0.864. The molecule has 0 heterocycles. The number of hydrogen-bond acceptors (Lipinski definition) is 1. The van der Waals surface area contributed by atoms with Crippen LogP contribution in [0.15, 0.2) is 0 Å². The third kappa shape index (κ3) is 2.48. The predicted octanol–water partition coefficient (Wildman–Crippen LogP) is 2.91. The first kappa shape index (κ1) is 12.0. The number of carbonyl (C=O) groups is 1.